The molecule has 0 aliphatic carbocycles. The number of aryl methyl sites for hydroxylation is 1. The van der Waals surface area contributed by atoms with Gasteiger partial charge in [0.2, 0.25) is 0 Å². The van der Waals surface area contributed by atoms with E-state index in [0.29, 0.717) is 6.61 Å². The lowest BCUT2D eigenvalue weighted by Crippen LogP contribution is -1.99. The monoisotopic (exact) mass is 292 g/mol. The minimum Gasteiger partial charge on any atom is -0.487 e. The van der Waals surface area contributed by atoms with Crippen LogP contribution >= 0.6 is 0 Å². The first kappa shape index (κ1) is 14.0. The summed E-state index contributed by atoms with van der Waals surface area (Å²) in [6.07, 6.45) is 3.30. The van der Waals surface area contributed by atoms with Gasteiger partial charge in [-0.05, 0) is 31.2 Å². The SMILES string of the molecule is Cc1cc(Nc2cccc(OCc3ccccn3)c2)ncn1. The van der Waals surface area contributed by atoms with Crippen molar-refractivity contribution in [2.24, 2.45) is 0 Å². The number of hydrogen-bond acceptors (Lipinski definition) is 5. The van der Waals surface area contributed by atoms with Crippen molar-refractivity contribution in [1.82, 2.24) is 15.0 Å². The molecule has 0 aliphatic rings. The van der Waals surface area contributed by atoms with Crippen molar-refractivity contribution in [3.8, 4) is 5.75 Å². The second kappa shape index (κ2) is 6.67. The number of ether oxygens (including phenoxy) is 1. The van der Waals surface area contributed by atoms with Crippen LogP contribution in [0.25, 0.3) is 0 Å². The molecule has 5 nitrogen and oxygen atoms in total. The maximum atomic E-state index is 5.76. The third kappa shape index (κ3) is 3.79. The molecule has 1 N–H and O–H groups in total. The Kier molecular flexibility index (Phi) is 4.25. The standard InChI is InChI=1S/C17H16N4O/c1-13-9-17(20-12-19-13)21-14-6-4-7-16(10-14)22-11-15-5-2-3-8-18-15/h2-10,12H,11H2,1H3,(H,19,20,21). The van der Waals surface area contributed by atoms with Crippen molar-refractivity contribution in [1.29, 1.82) is 0 Å². The van der Waals surface area contributed by atoms with Crippen molar-refractivity contribution < 1.29 is 4.74 Å². The fourth-order valence-electron chi connectivity index (χ4n) is 1.98. The molecule has 0 fully saturated rings. The Morgan fingerprint density at radius 1 is 1.00 bits per heavy atom. The van der Waals surface area contributed by atoms with Gasteiger partial charge in [-0.1, -0.05) is 12.1 Å². The normalized spacial score (nSPS) is 10.2. The molecule has 5 heteroatoms. The minimum absolute atomic E-state index is 0.441. The van der Waals surface area contributed by atoms with E-state index in [1.165, 1.54) is 0 Å². The van der Waals surface area contributed by atoms with Crippen molar-refractivity contribution in [2.75, 3.05) is 5.32 Å². The molecule has 0 amide bonds. The third-order valence-corrected chi connectivity index (χ3v) is 3.02. The highest BCUT2D eigenvalue weighted by Crippen LogP contribution is 2.21. The van der Waals surface area contributed by atoms with Gasteiger partial charge in [0.1, 0.15) is 24.5 Å². The molecule has 2 heterocycles. The van der Waals surface area contributed by atoms with Gasteiger partial charge in [-0.2, -0.15) is 0 Å². The Labute approximate surface area is 129 Å². The van der Waals surface area contributed by atoms with E-state index in [2.05, 4.69) is 20.3 Å². The first-order chi connectivity index (χ1) is 10.8. The second-order valence-electron chi connectivity index (χ2n) is 4.81. The quantitative estimate of drug-likeness (QED) is 0.780. The van der Waals surface area contributed by atoms with E-state index in [9.17, 15) is 0 Å². The summed E-state index contributed by atoms with van der Waals surface area (Å²) in [5.41, 5.74) is 2.73. The van der Waals surface area contributed by atoms with Crippen LogP contribution in [0.3, 0.4) is 0 Å². The van der Waals surface area contributed by atoms with Crippen LogP contribution in [0.1, 0.15) is 11.4 Å². The lowest BCUT2D eigenvalue weighted by atomic mass is 10.3. The summed E-state index contributed by atoms with van der Waals surface area (Å²) < 4.78 is 5.76. The van der Waals surface area contributed by atoms with Crippen LogP contribution in [0.5, 0.6) is 5.75 Å². The summed E-state index contributed by atoms with van der Waals surface area (Å²) in [6, 6.07) is 15.4. The Balaban J connectivity index is 1.67. The molecule has 22 heavy (non-hydrogen) atoms. The smallest absolute Gasteiger partial charge is 0.133 e. The molecule has 0 radical (unpaired) electrons. The highest BCUT2D eigenvalue weighted by Gasteiger charge is 2.01. The number of nitrogens with zero attached hydrogens (tertiary/aromatic N) is 3. The molecule has 2 aromatic heterocycles. The molecule has 0 saturated carbocycles. The van der Waals surface area contributed by atoms with Gasteiger partial charge in [0.15, 0.2) is 0 Å². The Hall–Kier alpha value is -2.95. The largest absolute Gasteiger partial charge is 0.487 e. The molecule has 3 aromatic rings. The van der Waals surface area contributed by atoms with Gasteiger partial charge in [-0.3, -0.25) is 4.98 Å². The van der Waals surface area contributed by atoms with Crippen LogP contribution in [0.4, 0.5) is 11.5 Å². The zero-order valence-corrected chi connectivity index (χ0v) is 12.2. The van der Waals surface area contributed by atoms with Gasteiger partial charge in [-0.15, -0.1) is 0 Å². The number of benzene rings is 1. The zero-order chi connectivity index (χ0) is 15.2. The molecule has 0 unspecified atom stereocenters. The van der Waals surface area contributed by atoms with Gasteiger partial charge in [0.25, 0.3) is 0 Å². The molecule has 3 rings (SSSR count). The summed E-state index contributed by atoms with van der Waals surface area (Å²) in [7, 11) is 0. The van der Waals surface area contributed by atoms with Crippen molar-refractivity contribution in [3.05, 3.63) is 72.4 Å². The van der Waals surface area contributed by atoms with Crippen LogP contribution < -0.4 is 10.1 Å². The maximum absolute atomic E-state index is 5.76. The number of anilines is 2. The van der Waals surface area contributed by atoms with E-state index in [4.69, 9.17) is 4.74 Å². The first-order valence-electron chi connectivity index (χ1n) is 6.98. The van der Waals surface area contributed by atoms with Crippen LogP contribution in [-0.2, 0) is 6.61 Å². The van der Waals surface area contributed by atoms with Gasteiger partial charge in [0.05, 0.1) is 5.69 Å². The lowest BCUT2D eigenvalue weighted by molar-refractivity contribution is 0.301. The topological polar surface area (TPSA) is 59.9 Å². The van der Waals surface area contributed by atoms with E-state index >= 15 is 0 Å². The van der Waals surface area contributed by atoms with Crippen LogP contribution in [0, 0.1) is 6.92 Å². The predicted octanol–water partition coefficient (Wildman–Crippen LogP) is 3.50. The number of aromatic nitrogens is 3. The van der Waals surface area contributed by atoms with E-state index in [1.807, 2.05) is 55.5 Å². The van der Waals surface area contributed by atoms with Gasteiger partial charge in [0, 0.05) is 29.7 Å². The molecule has 0 aliphatic heterocycles. The fourth-order valence-corrected chi connectivity index (χ4v) is 1.98. The first-order valence-corrected chi connectivity index (χ1v) is 6.98. The number of nitrogens with one attached hydrogen (secondary N) is 1. The summed E-state index contributed by atoms with van der Waals surface area (Å²) >= 11 is 0. The molecule has 1 aromatic carbocycles. The molecule has 110 valence electrons. The maximum Gasteiger partial charge on any atom is 0.133 e. The molecule has 0 bridgehead atoms. The highest BCUT2D eigenvalue weighted by atomic mass is 16.5. The lowest BCUT2D eigenvalue weighted by Gasteiger charge is -2.09. The van der Waals surface area contributed by atoms with Crippen molar-refractivity contribution in [3.63, 3.8) is 0 Å². The highest BCUT2D eigenvalue weighted by molar-refractivity contribution is 5.58. The fraction of sp³-hybridized carbons (Fsp3) is 0.118. The molecular weight excluding hydrogens is 276 g/mol. The van der Waals surface area contributed by atoms with Crippen LogP contribution in [0.2, 0.25) is 0 Å². The average molecular weight is 292 g/mol. The number of rotatable bonds is 5. The molecular formula is C17H16N4O. The van der Waals surface area contributed by atoms with Crippen molar-refractivity contribution in [2.45, 2.75) is 13.5 Å². The summed E-state index contributed by atoms with van der Waals surface area (Å²) in [5, 5.41) is 3.24. The van der Waals surface area contributed by atoms with E-state index in [1.54, 1.807) is 12.5 Å². The van der Waals surface area contributed by atoms with E-state index in [0.717, 1.165) is 28.6 Å². The molecule has 0 atom stereocenters. The van der Waals surface area contributed by atoms with Crippen LogP contribution in [0.15, 0.2) is 61.1 Å². The van der Waals surface area contributed by atoms with E-state index in [-0.39, 0.29) is 0 Å². The molecule has 0 spiro atoms. The zero-order valence-electron chi connectivity index (χ0n) is 12.2. The van der Waals surface area contributed by atoms with E-state index < -0.39 is 0 Å². The number of pyridine rings is 1. The van der Waals surface area contributed by atoms with Crippen LogP contribution in [-0.4, -0.2) is 15.0 Å². The van der Waals surface area contributed by atoms with Crippen molar-refractivity contribution >= 4 is 11.5 Å². The minimum atomic E-state index is 0.441. The Morgan fingerprint density at radius 2 is 1.95 bits per heavy atom. The Morgan fingerprint density at radius 3 is 2.77 bits per heavy atom. The third-order valence-electron chi connectivity index (χ3n) is 3.02. The summed E-state index contributed by atoms with van der Waals surface area (Å²) in [6.45, 7) is 2.37. The Bertz CT molecular complexity index is 746. The summed E-state index contributed by atoms with van der Waals surface area (Å²) in [4.78, 5) is 12.5. The molecule has 0 saturated heterocycles. The number of hydrogen-bond donors (Lipinski definition) is 1. The predicted molar refractivity (Wildman–Crippen MR) is 85.1 cm³/mol. The second-order valence-corrected chi connectivity index (χ2v) is 4.81. The average Bonchev–Trinajstić information content (AvgIpc) is 2.54. The van der Waals surface area contributed by atoms with Gasteiger partial charge >= 0.3 is 0 Å². The summed E-state index contributed by atoms with van der Waals surface area (Å²) in [5.74, 6) is 1.54. The van der Waals surface area contributed by atoms with Gasteiger partial charge < -0.3 is 10.1 Å². The van der Waals surface area contributed by atoms with Gasteiger partial charge in [-0.25, -0.2) is 9.97 Å².